The highest BCUT2D eigenvalue weighted by Gasteiger charge is 2.21. The average Bonchev–Trinajstić information content (AvgIpc) is 2.23. The van der Waals surface area contributed by atoms with E-state index >= 15 is 0 Å². The summed E-state index contributed by atoms with van der Waals surface area (Å²) in [5.74, 6) is -0.421. The maximum absolute atomic E-state index is 12.7. The highest BCUT2D eigenvalue weighted by atomic mass is 19.1. The number of halogens is 1. The molecule has 1 aliphatic heterocycles. The zero-order chi connectivity index (χ0) is 10.8. The number of nitrogens with zero attached hydrogens (tertiary/aromatic N) is 1. The number of carbonyl (C=O) groups excluding carboxylic acids is 1. The molecule has 78 valence electrons. The van der Waals surface area contributed by atoms with Gasteiger partial charge in [0.25, 0.3) is 0 Å². The van der Waals surface area contributed by atoms with Crippen LogP contribution in [-0.4, -0.2) is 11.6 Å². The molecule has 1 unspecified atom stereocenters. The molecular weight excluding hydrogens is 195 g/mol. The molecule has 1 heterocycles. The van der Waals surface area contributed by atoms with E-state index in [1.807, 2.05) is 6.92 Å². The van der Waals surface area contributed by atoms with E-state index in [-0.39, 0.29) is 17.6 Å². The minimum atomic E-state index is -0.271. The quantitative estimate of drug-likeness (QED) is 0.746. The highest BCUT2D eigenvalue weighted by molar-refractivity contribution is 6.04. The summed E-state index contributed by atoms with van der Waals surface area (Å²) in [6, 6.07) is 6.11. The molecule has 0 radical (unpaired) electrons. The summed E-state index contributed by atoms with van der Waals surface area (Å²) in [5.41, 5.74) is 4.09. The van der Waals surface area contributed by atoms with Crippen molar-refractivity contribution in [3.8, 4) is 0 Å². The van der Waals surface area contributed by atoms with Crippen LogP contribution in [-0.2, 0) is 4.79 Å². The summed E-state index contributed by atoms with van der Waals surface area (Å²) in [6.45, 7) is 1.84. The molecule has 1 aliphatic rings. The summed E-state index contributed by atoms with van der Waals surface area (Å²) in [7, 11) is 0. The van der Waals surface area contributed by atoms with Gasteiger partial charge in [-0.25, -0.2) is 9.82 Å². The molecule has 0 aromatic heterocycles. The van der Waals surface area contributed by atoms with Gasteiger partial charge in [0.15, 0.2) is 0 Å². The molecule has 15 heavy (non-hydrogen) atoms. The molecule has 0 spiro atoms. The van der Waals surface area contributed by atoms with Gasteiger partial charge in [-0.1, -0.05) is 19.1 Å². The maximum atomic E-state index is 12.7. The lowest BCUT2D eigenvalue weighted by atomic mass is 9.97. The topological polar surface area (TPSA) is 41.5 Å². The van der Waals surface area contributed by atoms with Crippen molar-refractivity contribution in [2.24, 2.45) is 11.0 Å². The minimum Gasteiger partial charge on any atom is -0.273 e. The normalized spacial score (nSPS) is 20.8. The summed E-state index contributed by atoms with van der Waals surface area (Å²) >= 11 is 0. The molecule has 1 aromatic rings. The van der Waals surface area contributed by atoms with E-state index in [4.69, 9.17) is 0 Å². The van der Waals surface area contributed by atoms with Crippen LogP contribution in [0.5, 0.6) is 0 Å². The molecular formula is C11H11FN2O. The van der Waals surface area contributed by atoms with Gasteiger partial charge in [-0.15, -0.1) is 0 Å². The third-order valence-electron chi connectivity index (χ3n) is 2.43. The van der Waals surface area contributed by atoms with Crippen LogP contribution in [0.2, 0.25) is 0 Å². The van der Waals surface area contributed by atoms with Gasteiger partial charge in [0.2, 0.25) is 5.91 Å². The minimum absolute atomic E-state index is 0.0686. The van der Waals surface area contributed by atoms with Crippen molar-refractivity contribution in [3.63, 3.8) is 0 Å². The Bertz CT molecular complexity index is 411. The van der Waals surface area contributed by atoms with Gasteiger partial charge >= 0.3 is 0 Å². The van der Waals surface area contributed by atoms with Crippen molar-refractivity contribution in [3.05, 3.63) is 35.6 Å². The molecule has 0 fully saturated rings. The monoisotopic (exact) mass is 206 g/mol. The number of hydrogen-bond donors (Lipinski definition) is 1. The first-order valence-electron chi connectivity index (χ1n) is 4.79. The number of amides is 1. The van der Waals surface area contributed by atoms with Crippen molar-refractivity contribution in [1.29, 1.82) is 0 Å². The van der Waals surface area contributed by atoms with Crippen molar-refractivity contribution < 1.29 is 9.18 Å². The first-order valence-corrected chi connectivity index (χ1v) is 4.79. The molecule has 2 rings (SSSR count). The van der Waals surface area contributed by atoms with Gasteiger partial charge in [0, 0.05) is 12.3 Å². The Morgan fingerprint density at radius 3 is 2.67 bits per heavy atom. The lowest BCUT2D eigenvalue weighted by Gasteiger charge is -2.17. The van der Waals surface area contributed by atoms with Gasteiger partial charge in [-0.05, 0) is 17.7 Å². The summed E-state index contributed by atoms with van der Waals surface area (Å²) in [4.78, 5) is 11.1. The molecule has 0 saturated carbocycles. The largest absolute Gasteiger partial charge is 0.273 e. The van der Waals surface area contributed by atoms with E-state index in [1.165, 1.54) is 12.1 Å². The third-order valence-corrected chi connectivity index (χ3v) is 2.43. The number of hydrazone groups is 1. The molecule has 4 heteroatoms. The molecule has 0 aliphatic carbocycles. The molecule has 1 atom stereocenters. The second kappa shape index (κ2) is 3.81. The van der Waals surface area contributed by atoms with E-state index in [9.17, 15) is 9.18 Å². The van der Waals surface area contributed by atoms with Crippen LogP contribution in [0.1, 0.15) is 18.9 Å². The molecule has 0 bridgehead atoms. The van der Waals surface area contributed by atoms with Gasteiger partial charge in [-0.2, -0.15) is 5.10 Å². The predicted molar refractivity (Wildman–Crippen MR) is 54.9 cm³/mol. The van der Waals surface area contributed by atoms with E-state index < -0.39 is 0 Å². The predicted octanol–water partition coefficient (Wildman–Crippen LogP) is 1.69. The lowest BCUT2D eigenvalue weighted by molar-refractivity contribution is -0.124. The Balaban J connectivity index is 2.25. The van der Waals surface area contributed by atoms with Crippen molar-refractivity contribution in [1.82, 2.24) is 5.43 Å². The van der Waals surface area contributed by atoms with Crippen molar-refractivity contribution in [2.75, 3.05) is 0 Å². The molecule has 3 nitrogen and oxygen atoms in total. The first-order chi connectivity index (χ1) is 7.16. The van der Waals surface area contributed by atoms with Crippen LogP contribution < -0.4 is 5.43 Å². The van der Waals surface area contributed by atoms with Crippen molar-refractivity contribution >= 4 is 11.6 Å². The Hall–Kier alpha value is -1.71. The van der Waals surface area contributed by atoms with Gasteiger partial charge in [0.1, 0.15) is 5.82 Å². The van der Waals surface area contributed by atoms with E-state index in [2.05, 4.69) is 10.5 Å². The van der Waals surface area contributed by atoms with Crippen LogP contribution >= 0.6 is 0 Å². The van der Waals surface area contributed by atoms with E-state index in [0.29, 0.717) is 6.42 Å². The van der Waals surface area contributed by atoms with Crippen LogP contribution in [0.15, 0.2) is 29.4 Å². The van der Waals surface area contributed by atoms with E-state index in [0.717, 1.165) is 11.3 Å². The maximum Gasteiger partial charge on any atom is 0.243 e. The number of nitrogens with one attached hydrogen (secondary N) is 1. The first kappa shape index (κ1) is 9.83. The molecule has 1 amide bonds. The Labute approximate surface area is 87.0 Å². The summed E-state index contributed by atoms with van der Waals surface area (Å²) in [5, 5.41) is 3.96. The van der Waals surface area contributed by atoms with Crippen LogP contribution in [0.3, 0.4) is 0 Å². The fraction of sp³-hybridized carbons (Fsp3) is 0.273. The van der Waals surface area contributed by atoms with Gasteiger partial charge in [-0.3, -0.25) is 4.79 Å². The zero-order valence-corrected chi connectivity index (χ0v) is 8.33. The smallest absolute Gasteiger partial charge is 0.243 e. The van der Waals surface area contributed by atoms with Crippen LogP contribution in [0.25, 0.3) is 0 Å². The fourth-order valence-electron chi connectivity index (χ4n) is 1.49. The summed E-state index contributed by atoms with van der Waals surface area (Å²) in [6.07, 6.45) is 0.595. The SMILES string of the molecule is CC1CC(c2ccc(F)cc2)=NNC1=O. The third kappa shape index (κ3) is 2.03. The molecule has 0 saturated heterocycles. The zero-order valence-electron chi connectivity index (χ0n) is 8.33. The van der Waals surface area contributed by atoms with E-state index in [1.54, 1.807) is 12.1 Å². The highest BCUT2D eigenvalue weighted by Crippen LogP contribution is 2.14. The Morgan fingerprint density at radius 1 is 1.40 bits per heavy atom. The molecule has 1 aromatic carbocycles. The lowest BCUT2D eigenvalue weighted by Crippen LogP contribution is -2.33. The standard InChI is InChI=1S/C11H11FN2O/c1-7-6-10(13-14-11(7)15)8-2-4-9(12)5-3-8/h2-5,7H,6H2,1H3,(H,14,15). The number of carbonyl (C=O) groups is 1. The van der Waals surface area contributed by atoms with Crippen LogP contribution in [0, 0.1) is 11.7 Å². The number of hydrogen-bond acceptors (Lipinski definition) is 2. The Kier molecular flexibility index (Phi) is 2.49. The number of rotatable bonds is 1. The second-order valence-corrected chi connectivity index (χ2v) is 3.65. The summed E-state index contributed by atoms with van der Waals surface area (Å²) < 4.78 is 12.7. The second-order valence-electron chi connectivity index (χ2n) is 3.65. The average molecular weight is 206 g/mol. The molecule has 1 N–H and O–H groups in total. The Morgan fingerprint density at radius 2 is 2.07 bits per heavy atom. The van der Waals surface area contributed by atoms with Gasteiger partial charge < -0.3 is 0 Å². The van der Waals surface area contributed by atoms with Crippen LogP contribution in [0.4, 0.5) is 4.39 Å². The fourth-order valence-corrected chi connectivity index (χ4v) is 1.49. The number of benzene rings is 1. The van der Waals surface area contributed by atoms with Gasteiger partial charge in [0.05, 0.1) is 5.71 Å². The van der Waals surface area contributed by atoms with Crippen molar-refractivity contribution in [2.45, 2.75) is 13.3 Å².